The minimum Gasteiger partial charge on any atom is -0.497 e. The lowest BCUT2D eigenvalue weighted by atomic mass is 10.3. The summed E-state index contributed by atoms with van der Waals surface area (Å²) in [5.41, 5.74) is 0. The molecule has 0 radical (unpaired) electrons. The molecular formula is C20H20O10. The first-order valence-electron chi connectivity index (χ1n) is 8.36. The Labute approximate surface area is 171 Å². The van der Waals surface area contributed by atoms with Crippen LogP contribution in [0, 0.1) is 0 Å². The monoisotopic (exact) mass is 420 g/mol. The van der Waals surface area contributed by atoms with Crippen LogP contribution < -0.4 is 18.9 Å². The van der Waals surface area contributed by atoms with Crippen LogP contribution in [0.25, 0.3) is 0 Å². The van der Waals surface area contributed by atoms with Crippen molar-refractivity contribution in [2.24, 2.45) is 0 Å². The fourth-order valence-corrected chi connectivity index (χ4v) is 1.87. The van der Waals surface area contributed by atoms with Gasteiger partial charge in [0.1, 0.15) is 35.8 Å². The average Bonchev–Trinajstić information content (AvgIpc) is 2.68. The molecule has 0 fully saturated rings. The van der Waals surface area contributed by atoms with Gasteiger partial charge in [0.05, 0.1) is 14.2 Å². The molecule has 0 aromatic heterocycles. The van der Waals surface area contributed by atoms with E-state index in [0.717, 1.165) is 0 Å². The molecule has 2 N–H and O–H groups in total. The van der Waals surface area contributed by atoms with E-state index in [1.807, 2.05) is 0 Å². The van der Waals surface area contributed by atoms with Crippen LogP contribution in [0.5, 0.6) is 23.0 Å². The third-order valence-corrected chi connectivity index (χ3v) is 3.17. The molecule has 0 saturated carbocycles. The van der Waals surface area contributed by atoms with Crippen molar-refractivity contribution in [3.05, 3.63) is 48.5 Å². The number of carbonyl (C=O) groups is 4. The number of rotatable bonds is 8. The molecule has 10 nitrogen and oxygen atoms in total. The zero-order valence-corrected chi connectivity index (χ0v) is 16.2. The summed E-state index contributed by atoms with van der Waals surface area (Å²) in [6.07, 6.45) is -1.29. The maximum absolute atomic E-state index is 11.7. The van der Waals surface area contributed by atoms with E-state index in [0.29, 0.717) is 23.0 Å². The van der Waals surface area contributed by atoms with Gasteiger partial charge >= 0.3 is 23.9 Å². The number of ether oxygens (including phenoxy) is 4. The standard InChI is InChI=1S/C17H16O6.C3H4O4/c1-20-12-3-7-14(8-4-12)22-16(18)11-17(19)23-15-9-5-13(21-2)6-10-15;4-2(5)1-3(6)7/h3-10H,11H2,1-2H3;1H2,(H,4,5)(H,6,7). The Balaban J connectivity index is 0.000000553. The highest BCUT2D eigenvalue weighted by atomic mass is 16.6. The molecule has 0 amide bonds. The highest BCUT2D eigenvalue weighted by Crippen LogP contribution is 2.19. The minimum absolute atomic E-state index is 0.327. The first-order valence-corrected chi connectivity index (χ1v) is 8.36. The molecule has 0 aliphatic carbocycles. The summed E-state index contributed by atoms with van der Waals surface area (Å²) in [5.74, 6) is -2.09. The second kappa shape index (κ2) is 12.4. The molecule has 0 unspecified atom stereocenters. The molecule has 160 valence electrons. The Morgan fingerprint density at radius 2 is 0.900 bits per heavy atom. The zero-order valence-electron chi connectivity index (χ0n) is 16.2. The number of carboxylic acids is 2. The second-order valence-electron chi connectivity index (χ2n) is 5.44. The smallest absolute Gasteiger partial charge is 0.322 e. The summed E-state index contributed by atoms with van der Waals surface area (Å²) in [5, 5.41) is 15.4. The molecule has 2 aromatic carbocycles. The number of carbonyl (C=O) groups excluding carboxylic acids is 2. The maximum atomic E-state index is 11.7. The van der Waals surface area contributed by atoms with E-state index >= 15 is 0 Å². The lowest BCUT2D eigenvalue weighted by Crippen LogP contribution is -2.18. The Bertz CT molecular complexity index is 785. The van der Waals surface area contributed by atoms with Crippen LogP contribution in [0.3, 0.4) is 0 Å². The average molecular weight is 420 g/mol. The summed E-state index contributed by atoms with van der Waals surface area (Å²) in [6.45, 7) is 0. The van der Waals surface area contributed by atoms with E-state index in [4.69, 9.17) is 29.2 Å². The lowest BCUT2D eigenvalue weighted by molar-refractivity contribution is -0.148. The van der Waals surface area contributed by atoms with Gasteiger partial charge in [0.25, 0.3) is 0 Å². The van der Waals surface area contributed by atoms with Crippen LogP contribution in [-0.2, 0) is 19.2 Å². The summed E-state index contributed by atoms with van der Waals surface area (Å²) >= 11 is 0. The predicted octanol–water partition coefficient (Wildman–Crippen LogP) is 2.15. The van der Waals surface area contributed by atoms with Gasteiger partial charge in [-0.1, -0.05) is 0 Å². The second-order valence-corrected chi connectivity index (χ2v) is 5.44. The van der Waals surface area contributed by atoms with Crippen molar-refractivity contribution in [2.45, 2.75) is 12.8 Å². The normalized spacial score (nSPS) is 9.40. The number of benzene rings is 2. The van der Waals surface area contributed by atoms with Crippen LogP contribution in [0.1, 0.15) is 12.8 Å². The summed E-state index contributed by atoms with van der Waals surface area (Å²) in [6, 6.07) is 12.9. The maximum Gasteiger partial charge on any atom is 0.322 e. The van der Waals surface area contributed by atoms with E-state index in [1.54, 1.807) is 48.5 Å². The molecule has 0 aliphatic rings. The van der Waals surface area contributed by atoms with Crippen molar-refractivity contribution in [1.29, 1.82) is 0 Å². The highest BCUT2D eigenvalue weighted by molar-refractivity contribution is 5.93. The molecule has 0 heterocycles. The third kappa shape index (κ3) is 9.74. The van der Waals surface area contributed by atoms with E-state index in [2.05, 4.69) is 0 Å². The summed E-state index contributed by atoms with van der Waals surface area (Å²) < 4.78 is 20.1. The van der Waals surface area contributed by atoms with Gasteiger partial charge in [-0.05, 0) is 48.5 Å². The molecule has 0 spiro atoms. The van der Waals surface area contributed by atoms with Crippen molar-refractivity contribution < 1.29 is 48.3 Å². The molecule has 10 heteroatoms. The molecule has 0 saturated heterocycles. The van der Waals surface area contributed by atoms with Gasteiger partial charge in [0.2, 0.25) is 0 Å². The molecule has 2 aromatic rings. The van der Waals surface area contributed by atoms with Crippen molar-refractivity contribution in [1.82, 2.24) is 0 Å². The van der Waals surface area contributed by atoms with Crippen molar-refractivity contribution in [2.75, 3.05) is 14.2 Å². The Kier molecular flexibility index (Phi) is 9.90. The van der Waals surface area contributed by atoms with Gasteiger partial charge in [-0.2, -0.15) is 0 Å². The first-order chi connectivity index (χ1) is 14.2. The topological polar surface area (TPSA) is 146 Å². The number of methoxy groups -OCH3 is 2. The SMILES string of the molecule is COc1ccc(OC(=O)CC(=O)Oc2ccc(OC)cc2)cc1.O=C(O)CC(=O)O. The van der Waals surface area contributed by atoms with Gasteiger partial charge < -0.3 is 29.2 Å². The number of hydrogen-bond acceptors (Lipinski definition) is 8. The highest BCUT2D eigenvalue weighted by Gasteiger charge is 2.14. The number of esters is 2. The van der Waals surface area contributed by atoms with Crippen LogP contribution >= 0.6 is 0 Å². The first kappa shape index (κ1) is 24.0. The lowest BCUT2D eigenvalue weighted by Gasteiger charge is -2.06. The minimum atomic E-state index is -1.31. The van der Waals surface area contributed by atoms with E-state index in [-0.39, 0.29) is 0 Å². The van der Waals surface area contributed by atoms with Gasteiger partial charge in [-0.25, -0.2) is 0 Å². The zero-order chi connectivity index (χ0) is 22.5. The van der Waals surface area contributed by atoms with Gasteiger partial charge in [0.15, 0.2) is 0 Å². The molecular weight excluding hydrogens is 400 g/mol. The summed E-state index contributed by atoms with van der Waals surface area (Å²) in [4.78, 5) is 42.2. The van der Waals surface area contributed by atoms with E-state index in [9.17, 15) is 19.2 Å². The number of hydrogen-bond donors (Lipinski definition) is 2. The van der Waals surface area contributed by atoms with Crippen molar-refractivity contribution in [3.63, 3.8) is 0 Å². The Hall–Kier alpha value is -4.08. The van der Waals surface area contributed by atoms with Gasteiger partial charge in [0, 0.05) is 0 Å². The fourth-order valence-electron chi connectivity index (χ4n) is 1.87. The molecule has 2 rings (SSSR count). The van der Waals surface area contributed by atoms with Crippen LogP contribution in [0.2, 0.25) is 0 Å². The van der Waals surface area contributed by atoms with E-state index < -0.39 is 36.7 Å². The van der Waals surface area contributed by atoms with Gasteiger partial charge in [-0.3, -0.25) is 19.2 Å². The van der Waals surface area contributed by atoms with Crippen LogP contribution in [0.15, 0.2) is 48.5 Å². The Morgan fingerprint density at radius 3 is 1.13 bits per heavy atom. The van der Waals surface area contributed by atoms with Crippen molar-refractivity contribution in [3.8, 4) is 23.0 Å². The number of carboxylic acid groups (broad SMARTS) is 2. The molecule has 30 heavy (non-hydrogen) atoms. The Morgan fingerprint density at radius 1 is 0.600 bits per heavy atom. The quantitative estimate of drug-likeness (QED) is 0.370. The summed E-state index contributed by atoms with van der Waals surface area (Å²) in [7, 11) is 3.08. The van der Waals surface area contributed by atoms with Gasteiger partial charge in [-0.15, -0.1) is 0 Å². The number of aliphatic carboxylic acids is 2. The van der Waals surface area contributed by atoms with Crippen LogP contribution in [0.4, 0.5) is 0 Å². The predicted molar refractivity (Wildman–Crippen MR) is 102 cm³/mol. The molecule has 0 bridgehead atoms. The van der Waals surface area contributed by atoms with E-state index in [1.165, 1.54) is 14.2 Å². The third-order valence-electron chi connectivity index (χ3n) is 3.17. The molecule has 0 aliphatic heterocycles. The van der Waals surface area contributed by atoms with Crippen molar-refractivity contribution >= 4 is 23.9 Å². The largest absolute Gasteiger partial charge is 0.497 e. The molecule has 0 atom stereocenters. The fraction of sp³-hybridized carbons (Fsp3) is 0.200. The van der Waals surface area contributed by atoms with Crippen LogP contribution in [-0.4, -0.2) is 48.3 Å².